The molecular formula is C19H27ClN4O4. The van der Waals surface area contributed by atoms with Gasteiger partial charge in [-0.05, 0) is 32.9 Å². The third kappa shape index (κ3) is 4.07. The minimum absolute atomic E-state index is 0. The molecule has 0 spiro atoms. The van der Waals surface area contributed by atoms with Crippen LogP contribution in [0.15, 0.2) is 16.9 Å². The van der Waals surface area contributed by atoms with Crippen LogP contribution in [0.1, 0.15) is 26.1 Å². The number of carbonyl (C=O) groups excluding carboxylic acids is 1. The molecule has 0 saturated carbocycles. The summed E-state index contributed by atoms with van der Waals surface area (Å²) in [6.45, 7) is 6.21. The molecule has 154 valence electrons. The van der Waals surface area contributed by atoms with Crippen molar-refractivity contribution in [3.8, 4) is 11.5 Å². The normalized spacial score (nSPS) is 18.6. The number of hydrogen-bond donors (Lipinski definition) is 2. The number of aromatic amines is 1. The molecule has 0 radical (unpaired) electrons. The number of hydrogen-bond acceptors (Lipinski definition) is 6. The third-order valence-corrected chi connectivity index (χ3v) is 5.15. The van der Waals surface area contributed by atoms with Gasteiger partial charge in [-0.1, -0.05) is 0 Å². The van der Waals surface area contributed by atoms with Crippen molar-refractivity contribution < 1.29 is 14.3 Å². The molecule has 1 atom stereocenters. The van der Waals surface area contributed by atoms with Crippen molar-refractivity contribution in [3.63, 3.8) is 0 Å². The molecule has 1 aliphatic rings. The van der Waals surface area contributed by atoms with E-state index in [0.717, 1.165) is 13.0 Å². The lowest BCUT2D eigenvalue weighted by molar-refractivity contribution is -0.140. The van der Waals surface area contributed by atoms with Crippen LogP contribution in [0.2, 0.25) is 0 Å². The molecule has 9 heteroatoms. The van der Waals surface area contributed by atoms with Gasteiger partial charge in [-0.2, -0.15) is 0 Å². The zero-order chi connectivity index (χ0) is 19.6. The fourth-order valence-corrected chi connectivity index (χ4v) is 3.48. The molecule has 0 aliphatic carbocycles. The third-order valence-electron chi connectivity index (χ3n) is 5.15. The van der Waals surface area contributed by atoms with Crippen LogP contribution < -0.4 is 20.3 Å². The molecule has 3 rings (SSSR count). The number of fused-ring (bicyclic) bond motifs is 1. The first-order chi connectivity index (χ1) is 12.9. The molecular weight excluding hydrogens is 384 g/mol. The fraction of sp³-hybridized carbons (Fsp3) is 0.526. The number of halogens is 1. The second kappa shape index (κ2) is 8.79. The summed E-state index contributed by atoms with van der Waals surface area (Å²) < 4.78 is 10.5. The van der Waals surface area contributed by atoms with E-state index in [1.54, 1.807) is 17.0 Å². The highest BCUT2D eigenvalue weighted by molar-refractivity contribution is 5.85. The predicted octanol–water partition coefficient (Wildman–Crippen LogP) is 1.71. The molecule has 1 aromatic heterocycles. The molecule has 8 nitrogen and oxygen atoms in total. The number of methoxy groups -OCH3 is 2. The number of rotatable bonds is 6. The summed E-state index contributed by atoms with van der Waals surface area (Å²) in [6.07, 6.45) is 0.807. The number of H-pyrrole nitrogens is 1. The summed E-state index contributed by atoms with van der Waals surface area (Å²) in [7, 11) is 3.05. The van der Waals surface area contributed by atoms with Crippen molar-refractivity contribution in [2.75, 3.05) is 33.9 Å². The Morgan fingerprint density at radius 2 is 1.96 bits per heavy atom. The van der Waals surface area contributed by atoms with E-state index in [0.29, 0.717) is 41.3 Å². The van der Waals surface area contributed by atoms with Crippen LogP contribution >= 0.6 is 12.4 Å². The van der Waals surface area contributed by atoms with Crippen molar-refractivity contribution in [2.24, 2.45) is 5.41 Å². The lowest BCUT2D eigenvalue weighted by atomic mass is 9.88. The summed E-state index contributed by atoms with van der Waals surface area (Å²) >= 11 is 0. The lowest BCUT2D eigenvalue weighted by Crippen LogP contribution is -2.43. The summed E-state index contributed by atoms with van der Waals surface area (Å²) in [4.78, 5) is 34.5. The number of ether oxygens (including phenoxy) is 2. The van der Waals surface area contributed by atoms with Gasteiger partial charge in [0.1, 0.15) is 5.82 Å². The van der Waals surface area contributed by atoms with Crippen LogP contribution in [0.25, 0.3) is 10.9 Å². The minimum Gasteiger partial charge on any atom is -0.493 e. The first kappa shape index (κ1) is 22.0. The van der Waals surface area contributed by atoms with Gasteiger partial charge in [-0.15, -0.1) is 12.4 Å². The van der Waals surface area contributed by atoms with Crippen molar-refractivity contribution in [3.05, 3.63) is 28.3 Å². The minimum atomic E-state index is -0.413. The molecule has 0 bridgehead atoms. The molecule has 2 N–H and O–H groups in total. The number of nitrogens with zero attached hydrogens (tertiary/aromatic N) is 2. The van der Waals surface area contributed by atoms with Crippen LogP contribution in [-0.2, 0) is 11.3 Å². The van der Waals surface area contributed by atoms with Crippen LogP contribution in [-0.4, -0.2) is 54.6 Å². The average Bonchev–Trinajstić information content (AvgIpc) is 3.12. The van der Waals surface area contributed by atoms with E-state index in [4.69, 9.17) is 9.47 Å². The number of aromatic nitrogens is 2. The maximum atomic E-state index is 13.0. The highest BCUT2D eigenvalue weighted by Gasteiger charge is 2.39. The van der Waals surface area contributed by atoms with E-state index >= 15 is 0 Å². The standard InChI is InChI=1S/C19H26N4O4.ClH/c1-5-23(18(25)19(2)6-7-20-11-19)10-16-21-13-9-15(27-4)14(26-3)8-12(13)17(24)22-16;/h8-9,20H,5-7,10-11H2,1-4H3,(H,21,22,24);1H. The van der Waals surface area contributed by atoms with Gasteiger partial charge in [0.15, 0.2) is 11.5 Å². The zero-order valence-electron chi connectivity index (χ0n) is 16.6. The Labute approximate surface area is 170 Å². The highest BCUT2D eigenvalue weighted by atomic mass is 35.5. The van der Waals surface area contributed by atoms with Gasteiger partial charge < -0.3 is 24.7 Å². The number of carbonyl (C=O) groups is 1. The van der Waals surface area contributed by atoms with Crippen LogP contribution in [0.3, 0.4) is 0 Å². The Hall–Kier alpha value is -2.32. The van der Waals surface area contributed by atoms with Crippen molar-refractivity contribution >= 4 is 29.2 Å². The molecule has 1 unspecified atom stereocenters. The summed E-state index contributed by atoms with van der Waals surface area (Å²) in [5.41, 5.74) is -0.180. The predicted molar refractivity (Wildman–Crippen MR) is 109 cm³/mol. The Morgan fingerprint density at radius 3 is 2.54 bits per heavy atom. The average molecular weight is 411 g/mol. The highest BCUT2D eigenvalue weighted by Crippen LogP contribution is 2.30. The smallest absolute Gasteiger partial charge is 0.258 e. The SMILES string of the molecule is CCN(Cc1nc2cc(OC)c(OC)cc2c(=O)[nH]1)C(=O)C1(C)CCNC1.Cl. The van der Waals surface area contributed by atoms with Gasteiger partial charge in [0.25, 0.3) is 5.56 Å². The van der Waals surface area contributed by atoms with E-state index in [1.807, 2.05) is 13.8 Å². The molecule has 28 heavy (non-hydrogen) atoms. The van der Waals surface area contributed by atoms with Gasteiger partial charge in [-0.25, -0.2) is 4.98 Å². The van der Waals surface area contributed by atoms with E-state index in [9.17, 15) is 9.59 Å². The second-order valence-corrected chi connectivity index (χ2v) is 7.04. The topological polar surface area (TPSA) is 96.6 Å². The van der Waals surface area contributed by atoms with Gasteiger partial charge in [0.05, 0.1) is 37.1 Å². The summed E-state index contributed by atoms with van der Waals surface area (Å²) in [5, 5.41) is 3.66. The maximum Gasteiger partial charge on any atom is 0.258 e. The van der Waals surface area contributed by atoms with Crippen LogP contribution in [0.5, 0.6) is 11.5 Å². The molecule has 1 saturated heterocycles. The van der Waals surface area contributed by atoms with Crippen LogP contribution in [0, 0.1) is 5.41 Å². The van der Waals surface area contributed by atoms with E-state index in [-0.39, 0.29) is 30.4 Å². The van der Waals surface area contributed by atoms with Gasteiger partial charge in [0, 0.05) is 19.2 Å². The van der Waals surface area contributed by atoms with E-state index < -0.39 is 5.41 Å². The van der Waals surface area contributed by atoms with Crippen molar-refractivity contribution in [2.45, 2.75) is 26.8 Å². The second-order valence-electron chi connectivity index (χ2n) is 7.04. The lowest BCUT2D eigenvalue weighted by Gasteiger charge is -2.30. The summed E-state index contributed by atoms with van der Waals surface area (Å²) in [5.74, 6) is 1.49. The van der Waals surface area contributed by atoms with Gasteiger partial charge in [0.2, 0.25) is 5.91 Å². The first-order valence-corrected chi connectivity index (χ1v) is 9.07. The van der Waals surface area contributed by atoms with E-state index in [2.05, 4.69) is 15.3 Å². The summed E-state index contributed by atoms with van der Waals surface area (Å²) in [6, 6.07) is 3.28. The molecule has 2 heterocycles. The quantitative estimate of drug-likeness (QED) is 0.752. The van der Waals surface area contributed by atoms with E-state index in [1.165, 1.54) is 14.2 Å². The molecule has 2 aromatic rings. The van der Waals surface area contributed by atoms with Crippen molar-refractivity contribution in [1.82, 2.24) is 20.2 Å². The van der Waals surface area contributed by atoms with Crippen LogP contribution in [0.4, 0.5) is 0 Å². The molecule has 1 aromatic carbocycles. The molecule has 1 amide bonds. The Bertz CT molecular complexity index is 909. The van der Waals surface area contributed by atoms with Gasteiger partial charge in [-0.3, -0.25) is 9.59 Å². The van der Waals surface area contributed by atoms with Gasteiger partial charge >= 0.3 is 0 Å². The first-order valence-electron chi connectivity index (χ1n) is 9.07. The number of amides is 1. The largest absolute Gasteiger partial charge is 0.493 e. The maximum absolute atomic E-state index is 13.0. The molecule has 1 aliphatic heterocycles. The Kier molecular flexibility index (Phi) is 6.90. The zero-order valence-corrected chi connectivity index (χ0v) is 17.4. The number of nitrogens with one attached hydrogen (secondary N) is 2. The van der Waals surface area contributed by atoms with Crippen molar-refractivity contribution in [1.29, 1.82) is 0 Å². The molecule has 1 fully saturated rings. The Morgan fingerprint density at radius 1 is 1.29 bits per heavy atom. The number of benzene rings is 1. The monoisotopic (exact) mass is 410 g/mol. The Balaban J connectivity index is 0.00000280. The fourth-order valence-electron chi connectivity index (χ4n) is 3.48.